The molecule has 3 N–H and O–H groups in total. The van der Waals surface area contributed by atoms with Gasteiger partial charge in [0.25, 0.3) is 5.91 Å². The van der Waals surface area contributed by atoms with E-state index in [1.165, 1.54) is 19.1 Å². The summed E-state index contributed by atoms with van der Waals surface area (Å²) < 4.78 is 36.5. The zero-order valence-corrected chi connectivity index (χ0v) is 10.7. The number of anilines is 1. The van der Waals surface area contributed by atoms with Gasteiger partial charge < -0.3 is 11.1 Å². The average Bonchev–Trinajstić information content (AvgIpc) is 2.25. The van der Waals surface area contributed by atoms with E-state index in [-0.39, 0.29) is 11.4 Å². The van der Waals surface area contributed by atoms with E-state index in [9.17, 15) is 18.0 Å². The predicted molar refractivity (Wildman–Crippen MR) is 65.6 cm³/mol. The Labute approximate surface area is 109 Å². The molecule has 0 aliphatic rings. The van der Waals surface area contributed by atoms with Gasteiger partial charge in [-0.05, 0) is 25.5 Å². The number of aryl methyl sites for hydroxylation is 1. The number of rotatable bonds is 4. The molecule has 106 valence electrons. The van der Waals surface area contributed by atoms with Crippen molar-refractivity contribution in [1.82, 2.24) is 10.3 Å². The van der Waals surface area contributed by atoms with Crippen molar-refractivity contribution in [3.05, 3.63) is 23.4 Å². The summed E-state index contributed by atoms with van der Waals surface area (Å²) in [7, 11) is 0. The standard InChI is InChI=1S/C12H16F3N3O/c1-3-9-4-8(5-10(16)18-9)11(19)17-7(2)6-12(13,14)15/h4-5,7H,3,6H2,1-2H3,(H2,16,18)(H,17,19). The Balaban J connectivity index is 2.75. The highest BCUT2D eigenvalue weighted by Gasteiger charge is 2.30. The summed E-state index contributed by atoms with van der Waals surface area (Å²) in [5.74, 6) is -0.409. The Morgan fingerprint density at radius 3 is 2.63 bits per heavy atom. The summed E-state index contributed by atoms with van der Waals surface area (Å²) in [6, 6.07) is 1.87. The minimum atomic E-state index is -4.31. The van der Waals surface area contributed by atoms with Crippen LogP contribution in [0.25, 0.3) is 0 Å². The van der Waals surface area contributed by atoms with Crippen molar-refractivity contribution in [3.63, 3.8) is 0 Å². The number of carbonyl (C=O) groups excluding carboxylic acids is 1. The third-order valence-corrected chi connectivity index (χ3v) is 2.44. The first-order chi connectivity index (χ1) is 8.71. The van der Waals surface area contributed by atoms with Crippen LogP contribution in [0.4, 0.5) is 19.0 Å². The monoisotopic (exact) mass is 275 g/mol. The average molecular weight is 275 g/mol. The molecule has 1 heterocycles. The van der Waals surface area contributed by atoms with Crippen LogP contribution >= 0.6 is 0 Å². The van der Waals surface area contributed by atoms with Crippen LogP contribution in [0.1, 0.15) is 36.3 Å². The second kappa shape index (κ2) is 5.90. The Bertz CT molecular complexity index is 460. The zero-order valence-electron chi connectivity index (χ0n) is 10.7. The van der Waals surface area contributed by atoms with E-state index in [0.29, 0.717) is 12.1 Å². The first kappa shape index (κ1) is 15.3. The largest absolute Gasteiger partial charge is 0.391 e. The molecule has 4 nitrogen and oxygen atoms in total. The van der Waals surface area contributed by atoms with E-state index in [1.807, 2.05) is 6.92 Å². The number of carbonyl (C=O) groups is 1. The van der Waals surface area contributed by atoms with Crippen LogP contribution < -0.4 is 11.1 Å². The van der Waals surface area contributed by atoms with E-state index < -0.39 is 24.5 Å². The van der Waals surface area contributed by atoms with Gasteiger partial charge in [-0.1, -0.05) is 6.92 Å². The summed E-state index contributed by atoms with van der Waals surface area (Å²) in [5, 5.41) is 2.29. The third kappa shape index (κ3) is 5.15. The maximum absolute atomic E-state index is 12.2. The molecule has 1 unspecified atom stereocenters. The molecule has 0 spiro atoms. The minimum Gasteiger partial charge on any atom is -0.384 e. The fourth-order valence-electron chi connectivity index (χ4n) is 1.63. The number of aromatic nitrogens is 1. The normalized spacial score (nSPS) is 13.1. The van der Waals surface area contributed by atoms with Crippen LogP contribution in [-0.4, -0.2) is 23.1 Å². The third-order valence-electron chi connectivity index (χ3n) is 2.44. The van der Waals surface area contributed by atoms with Gasteiger partial charge >= 0.3 is 6.18 Å². The van der Waals surface area contributed by atoms with Gasteiger partial charge in [0.05, 0.1) is 6.42 Å². The minimum absolute atomic E-state index is 0.174. The SMILES string of the molecule is CCc1cc(C(=O)NC(C)CC(F)(F)F)cc(N)n1. The fraction of sp³-hybridized carbons (Fsp3) is 0.500. The van der Waals surface area contributed by atoms with E-state index in [0.717, 1.165) is 0 Å². The van der Waals surface area contributed by atoms with E-state index in [2.05, 4.69) is 10.3 Å². The molecule has 7 heteroatoms. The lowest BCUT2D eigenvalue weighted by atomic mass is 10.1. The van der Waals surface area contributed by atoms with Crippen LogP contribution in [0.15, 0.2) is 12.1 Å². The molecule has 1 aromatic heterocycles. The molecule has 1 amide bonds. The molecular formula is C12H16F3N3O. The van der Waals surface area contributed by atoms with Crippen molar-refractivity contribution in [3.8, 4) is 0 Å². The van der Waals surface area contributed by atoms with Crippen molar-refractivity contribution in [2.24, 2.45) is 0 Å². The predicted octanol–water partition coefficient (Wildman–Crippen LogP) is 2.30. The van der Waals surface area contributed by atoms with E-state index >= 15 is 0 Å². The molecule has 1 atom stereocenters. The lowest BCUT2D eigenvalue weighted by Crippen LogP contribution is -2.36. The number of hydrogen-bond donors (Lipinski definition) is 2. The fourth-order valence-corrected chi connectivity index (χ4v) is 1.63. The molecule has 0 aliphatic carbocycles. The molecule has 1 rings (SSSR count). The number of halogens is 3. The number of nitrogens with two attached hydrogens (primary N) is 1. The highest BCUT2D eigenvalue weighted by Crippen LogP contribution is 2.21. The molecular weight excluding hydrogens is 259 g/mol. The Morgan fingerprint density at radius 1 is 1.47 bits per heavy atom. The van der Waals surface area contributed by atoms with Crippen LogP contribution in [0.3, 0.4) is 0 Å². The zero-order chi connectivity index (χ0) is 14.6. The van der Waals surface area contributed by atoms with Gasteiger partial charge in [-0.15, -0.1) is 0 Å². The van der Waals surface area contributed by atoms with Gasteiger partial charge in [0.15, 0.2) is 0 Å². The summed E-state index contributed by atoms with van der Waals surface area (Å²) in [6.07, 6.45) is -4.79. The van der Waals surface area contributed by atoms with Crippen molar-refractivity contribution in [1.29, 1.82) is 0 Å². The van der Waals surface area contributed by atoms with Gasteiger partial charge in [-0.3, -0.25) is 4.79 Å². The maximum atomic E-state index is 12.2. The van der Waals surface area contributed by atoms with Gasteiger partial charge in [-0.2, -0.15) is 13.2 Å². The van der Waals surface area contributed by atoms with E-state index in [1.54, 1.807) is 0 Å². The molecule has 0 radical (unpaired) electrons. The molecule has 0 saturated heterocycles. The molecule has 0 fully saturated rings. The molecule has 0 aliphatic heterocycles. The van der Waals surface area contributed by atoms with Gasteiger partial charge in [0.1, 0.15) is 5.82 Å². The highest BCUT2D eigenvalue weighted by atomic mass is 19.4. The van der Waals surface area contributed by atoms with Crippen molar-refractivity contribution in [2.75, 3.05) is 5.73 Å². The molecule has 0 saturated carbocycles. The highest BCUT2D eigenvalue weighted by molar-refractivity contribution is 5.95. The summed E-state index contributed by atoms with van der Waals surface area (Å²) in [4.78, 5) is 15.8. The second-order valence-corrected chi connectivity index (χ2v) is 4.32. The first-order valence-corrected chi connectivity index (χ1v) is 5.85. The number of amides is 1. The summed E-state index contributed by atoms with van der Waals surface area (Å²) >= 11 is 0. The quantitative estimate of drug-likeness (QED) is 0.886. The molecule has 19 heavy (non-hydrogen) atoms. The number of nitrogen functional groups attached to an aromatic ring is 1. The van der Waals surface area contributed by atoms with Crippen molar-refractivity contribution >= 4 is 11.7 Å². The van der Waals surface area contributed by atoms with Gasteiger partial charge in [0.2, 0.25) is 0 Å². The summed E-state index contributed by atoms with van der Waals surface area (Å²) in [5.41, 5.74) is 6.37. The number of pyridine rings is 1. The van der Waals surface area contributed by atoms with Crippen LogP contribution in [0.5, 0.6) is 0 Å². The van der Waals surface area contributed by atoms with E-state index in [4.69, 9.17) is 5.73 Å². The van der Waals surface area contributed by atoms with Gasteiger partial charge in [0, 0.05) is 17.3 Å². The van der Waals surface area contributed by atoms with Gasteiger partial charge in [-0.25, -0.2) is 4.98 Å². The molecule has 1 aromatic rings. The Morgan fingerprint density at radius 2 is 2.11 bits per heavy atom. The number of nitrogens with one attached hydrogen (secondary N) is 1. The number of alkyl halides is 3. The Hall–Kier alpha value is -1.79. The Kier molecular flexibility index (Phi) is 4.74. The number of nitrogens with zero attached hydrogens (tertiary/aromatic N) is 1. The smallest absolute Gasteiger partial charge is 0.384 e. The lowest BCUT2D eigenvalue weighted by molar-refractivity contribution is -0.138. The lowest BCUT2D eigenvalue weighted by Gasteiger charge is -2.16. The van der Waals surface area contributed by atoms with Crippen molar-refractivity contribution in [2.45, 2.75) is 38.9 Å². The van der Waals surface area contributed by atoms with Crippen LogP contribution in [0, 0.1) is 0 Å². The maximum Gasteiger partial charge on any atom is 0.391 e. The van der Waals surface area contributed by atoms with Crippen LogP contribution in [0.2, 0.25) is 0 Å². The first-order valence-electron chi connectivity index (χ1n) is 5.85. The topological polar surface area (TPSA) is 68.0 Å². The number of hydrogen-bond acceptors (Lipinski definition) is 3. The van der Waals surface area contributed by atoms with Crippen LogP contribution in [-0.2, 0) is 6.42 Å². The second-order valence-electron chi connectivity index (χ2n) is 4.32. The molecule has 0 aromatic carbocycles. The molecule has 0 bridgehead atoms. The van der Waals surface area contributed by atoms with Crippen molar-refractivity contribution < 1.29 is 18.0 Å². The summed E-state index contributed by atoms with van der Waals surface area (Å²) in [6.45, 7) is 3.15.